The van der Waals surface area contributed by atoms with Gasteiger partial charge < -0.3 is 4.57 Å². The molecule has 2 heteroatoms. The first-order valence-electron chi connectivity index (χ1n) is 12.8. The number of aryl methyl sites for hydroxylation is 1. The molecule has 2 nitrogen and oxygen atoms in total. The minimum atomic E-state index is -0.0305. The van der Waals surface area contributed by atoms with Gasteiger partial charge in [-0.25, -0.2) is 0 Å². The predicted molar refractivity (Wildman–Crippen MR) is 153 cm³/mol. The van der Waals surface area contributed by atoms with Crippen LogP contribution in [0.4, 0.5) is 0 Å². The van der Waals surface area contributed by atoms with Crippen molar-refractivity contribution in [3.8, 4) is 34.0 Å². The highest BCUT2D eigenvalue weighted by Crippen LogP contribution is 2.53. The van der Waals surface area contributed by atoms with E-state index in [9.17, 15) is 5.26 Å². The minimum absolute atomic E-state index is 0.0305. The van der Waals surface area contributed by atoms with Gasteiger partial charge in [0, 0.05) is 21.9 Å². The van der Waals surface area contributed by atoms with Crippen LogP contribution in [-0.4, -0.2) is 4.57 Å². The molecule has 0 radical (unpaired) electrons. The van der Waals surface area contributed by atoms with Gasteiger partial charge in [0.05, 0.1) is 22.7 Å². The maximum atomic E-state index is 9.64. The number of nitriles is 1. The predicted octanol–water partition coefficient (Wildman–Crippen LogP) is 8.94. The lowest BCUT2D eigenvalue weighted by Gasteiger charge is -2.21. The van der Waals surface area contributed by atoms with E-state index in [-0.39, 0.29) is 5.41 Å². The van der Waals surface area contributed by atoms with Crippen LogP contribution in [0.1, 0.15) is 36.1 Å². The number of fused-ring (bicyclic) bond motifs is 7. The molecule has 0 saturated carbocycles. The Morgan fingerprint density at radius 3 is 2.27 bits per heavy atom. The van der Waals surface area contributed by atoms with Crippen molar-refractivity contribution < 1.29 is 0 Å². The lowest BCUT2D eigenvalue weighted by molar-refractivity contribution is 0.661. The Morgan fingerprint density at radius 2 is 1.46 bits per heavy atom. The van der Waals surface area contributed by atoms with Gasteiger partial charge in [-0.05, 0) is 70.6 Å². The molecule has 0 N–H and O–H groups in total. The highest BCUT2D eigenvalue weighted by molar-refractivity contribution is 6.17. The van der Waals surface area contributed by atoms with Crippen molar-refractivity contribution in [3.63, 3.8) is 0 Å². The molecule has 0 aliphatic heterocycles. The summed E-state index contributed by atoms with van der Waals surface area (Å²) in [5, 5.41) is 12.2. The fraction of sp³-hybridized carbons (Fsp3) is 0.114. The van der Waals surface area contributed by atoms with E-state index >= 15 is 0 Å². The van der Waals surface area contributed by atoms with Gasteiger partial charge in [-0.2, -0.15) is 5.26 Å². The molecule has 0 atom stereocenters. The minimum Gasteiger partial charge on any atom is -0.309 e. The van der Waals surface area contributed by atoms with Gasteiger partial charge in [0.25, 0.3) is 0 Å². The summed E-state index contributed by atoms with van der Waals surface area (Å²) in [4.78, 5) is 0. The van der Waals surface area contributed by atoms with Crippen molar-refractivity contribution in [2.24, 2.45) is 0 Å². The zero-order chi connectivity index (χ0) is 25.3. The highest BCUT2D eigenvalue weighted by atomic mass is 15.0. The standard InChI is InChI=1S/C35H26N2/c1-22-12-13-24(21-36)28(20-22)23-14-16-25(17-15-23)37-31-11-7-5-9-27(31)34-32(37)19-18-30-33(34)26-8-4-6-10-29(26)35(30,2)3/h4-20H,1-3H3. The van der Waals surface area contributed by atoms with Gasteiger partial charge in [0.2, 0.25) is 0 Å². The third-order valence-corrected chi connectivity index (χ3v) is 8.11. The van der Waals surface area contributed by atoms with Crippen molar-refractivity contribution in [1.29, 1.82) is 5.26 Å². The first-order chi connectivity index (χ1) is 18.0. The largest absolute Gasteiger partial charge is 0.309 e. The summed E-state index contributed by atoms with van der Waals surface area (Å²) < 4.78 is 2.38. The molecule has 37 heavy (non-hydrogen) atoms. The molecular weight excluding hydrogens is 448 g/mol. The number of hydrogen-bond donors (Lipinski definition) is 0. The van der Waals surface area contributed by atoms with E-state index in [1.807, 2.05) is 12.1 Å². The number of benzene rings is 5. The van der Waals surface area contributed by atoms with Gasteiger partial charge in [0.1, 0.15) is 0 Å². The highest BCUT2D eigenvalue weighted by Gasteiger charge is 2.37. The van der Waals surface area contributed by atoms with E-state index in [0.29, 0.717) is 5.56 Å². The van der Waals surface area contributed by atoms with Gasteiger partial charge in [-0.1, -0.05) is 92.2 Å². The van der Waals surface area contributed by atoms with Crippen LogP contribution < -0.4 is 0 Å². The summed E-state index contributed by atoms with van der Waals surface area (Å²) in [6, 6.07) is 39.2. The average molecular weight is 475 g/mol. The van der Waals surface area contributed by atoms with E-state index < -0.39 is 0 Å². The van der Waals surface area contributed by atoms with Crippen molar-refractivity contribution in [2.75, 3.05) is 0 Å². The first kappa shape index (κ1) is 21.7. The van der Waals surface area contributed by atoms with Gasteiger partial charge >= 0.3 is 0 Å². The number of hydrogen-bond acceptors (Lipinski definition) is 1. The zero-order valence-corrected chi connectivity index (χ0v) is 21.2. The van der Waals surface area contributed by atoms with E-state index in [0.717, 1.165) is 22.4 Å². The smallest absolute Gasteiger partial charge is 0.0998 e. The molecule has 0 saturated heterocycles. The van der Waals surface area contributed by atoms with Crippen LogP contribution >= 0.6 is 0 Å². The van der Waals surface area contributed by atoms with E-state index in [2.05, 4.69) is 122 Å². The second-order valence-electron chi connectivity index (χ2n) is 10.6. The number of aromatic nitrogens is 1. The summed E-state index contributed by atoms with van der Waals surface area (Å²) in [5.74, 6) is 0. The number of nitrogens with zero attached hydrogens (tertiary/aromatic N) is 2. The summed E-state index contributed by atoms with van der Waals surface area (Å²) >= 11 is 0. The quantitative estimate of drug-likeness (QED) is 0.246. The fourth-order valence-electron chi connectivity index (χ4n) is 6.31. The van der Waals surface area contributed by atoms with Crippen LogP contribution in [0.15, 0.2) is 103 Å². The lowest BCUT2D eigenvalue weighted by Crippen LogP contribution is -2.14. The van der Waals surface area contributed by atoms with Crippen LogP contribution in [-0.2, 0) is 5.41 Å². The molecule has 0 bridgehead atoms. The third kappa shape index (κ3) is 2.98. The molecule has 7 rings (SSSR count). The maximum Gasteiger partial charge on any atom is 0.0998 e. The monoisotopic (exact) mass is 474 g/mol. The van der Waals surface area contributed by atoms with Crippen molar-refractivity contribution in [1.82, 2.24) is 4.57 Å². The molecule has 1 aromatic heterocycles. The van der Waals surface area contributed by atoms with Crippen molar-refractivity contribution >= 4 is 21.8 Å². The average Bonchev–Trinajstić information content (AvgIpc) is 3.38. The van der Waals surface area contributed by atoms with Crippen LogP contribution in [0, 0.1) is 18.3 Å². The summed E-state index contributed by atoms with van der Waals surface area (Å²) in [7, 11) is 0. The van der Waals surface area contributed by atoms with E-state index in [4.69, 9.17) is 0 Å². The summed E-state index contributed by atoms with van der Waals surface area (Å²) in [6.45, 7) is 6.74. The van der Waals surface area contributed by atoms with Crippen LogP contribution in [0.2, 0.25) is 0 Å². The topological polar surface area (TPSA) is 28.7 Å². The molecule has 0 fully saturated rings. The third-order valence-electron chi connectivity index (χ3n) is 8.11. The van der Waals surface area contributed by atoms with Crippen LogP contribution in [0.3, 0.4) is 0 Å². The van der Waals surface area contributed by atoms with Gasteiger partial charge in [-0.15, -0.1) is 0 Å². The Bertz CT molecular complexity index is 1910. The molecule has 1 aliphatic rings. The molecule has 1 heterocycles. The maximum absolute atomic E-state index is 9.64. The Morgan fingerprint density at radius 1 is 0.703 bits per heavy atom. The number of para-hydroxylation sites is 1. The molecular formula is C35H26N2. The molecule has 0 unspecified atom stereocenters. The molecule has 0 amide bonds. The SMILES string of the molecule is Cc1ccc(C#N)c(-c2ccc(-n3c4ccccc4c4c5c(ccc43)C(C)(C)c3ccccc3-5)cc2)c1. The van der Waals surface area contributed by atoms with Crippen molar-refractivity contribution in [3.05, 3.63) is 125 Å². The molecule has 176 valence electrons. The van der Waals surface area contributed by atoms with Crippen LogP contribution in [0.5, 0.6) is 0 Å². The van der Waals surface area contributed by atoms with Gasteiger partial charge in [-0.3, -0.25) is 0 Å². The summed E-state index contributed by atoms with van der Waals surface area (Å²) in [6.07, 6.45) is 0. The Balaban J connectivity index is 1.49. The molecule has 0 spiro atoms. The van der Waals surface area contributed by atoms with E-state index in [1.54, 1.807) is 0 Å². The van der Waals surface area contributed by atoms with Gasteiger partial charge in [0.15, 0.2) is 0 Å². The molecule has 6 aromatic rings. The van der Waals surface area contributed by atoms with E-state index in [1.165, 1.54) is 44.1 Å². The van der Waals surface area contributed by atoms with Crippen LogP contribution in [0.25, 0.3) is 49.7 Å². The Labute approximate surface area is 217 Å². The second-order valence-corrected chi connectivity index (χ2v) is 10.6. The van der Waals surface area contributed by atoms with Crippen molar-refractivity contribution in [2.45, 2.75) is 26.2 Å². The Hall–Kier alpha value is -4.61. The summed E-state index contributed by atoms with van der Waals surface area (Å²) in [5.41, 5.74) is 12.9. The fourth-order valence-corrected chi connectivity index (χ4v) is 6.31. The molecule has 1 aliphatic carbocycles. The second kappa shape index (κ2) is 7.69. The normalized spacial score (nSPS) is 13.5. The lowest BCUT2D eigenvalue weighted by atomic mass is 9.82. The Kier molecular flexibility index (Phi) is 4.50. The number of rotatable bonds is 2. The zero-order valence-electron chi connectivity index (χ0n) is 21.2. The molecule has 5 aromatic carbocycles. The first-order valence-corrected chi connectivity index (χ1v) is 12.8.